The molecular weight excluding hydrogens is 476 g/mol. The van der Waals surface area contributed by atoms with Crippen LogP contribution in [0.4, 0.5) is 5.69 Å². The lowest BCUT2D eigenvalue weighted by Gasteiger charge is -2.09. The van der Waals surface area contributed by atoms with Crippen molar-refractivity contribution in [1.82, 2.24) is 14.1 Å². The van der Waals surface area contributed by atoms with Crippen LogP contribution in [0.15, 0.2) is 108 Å². The highest BCUT2D eigenvalue weighted by molar-refractivity contribution is 7.08. The zero-order chi connectivity index (χ0) is 25.2. The second kappa shape index (κ2) is 9.73. The van der Waals surface area contributed by atoms with Gasteiger partial charge in [0.1, 0.15) is 0 Å². The zero-order valence-electron chi connectivity index (χ0n) is 19.9. The number of hydrogen-bond acceptors (Lipinski definition) is 3. The molecule has 3 aromatic carbocycles. The number of thiophene rings is 1. The Morgan fingerprint density at radius 2 is 1.76 bits per heavy atom. The summed E-state index contributed by atoms with van der Waals surface area (Å²) >= 11 is 1.53. The van der Waals surface area contributed by atoms with E-state index in [1.165, 1.54) is 11.3 Å². The molecule has 37 heavy (non-hydrogen) atoms. The van der Waals surface area contributed by atoms with E-state index in [1.807, 2.05) is 78.0 Å². The van der Waals surface area contributed by atoms with Crippen molar-refractivity contribution in [3.63, 3.8) is 0 Å². The Morgan fingerprint density at radius 3 is 2.57 bits per heavy atom. The van der Waals surface area contributed by atoms with E-state index in [2.05, 4.69) is 49.4 Å². The first-order valence-electron chi connectivity index (χ1n) is 11.9. The average Bonchev–Trinajstić information content (AvgIpc) is 3.71. The summed E-state index contributed by atoms with van der Waals surface area (Å²) in [6.45, 7) is 8.39. The molecule has 0 saturated carbocycles. The molecule has 0 aliphatic heterocycles. The maximum absolute atomic E-state index is 13.6. The summed E-state index contributed by atoms with van der Waals surface area (Å²) in [5.41, 5.74) is 6.13. The molecule has 0 atom stereocenters. The number of aromatic nitrogens is 3. The third-order valence-corrected chi connectivity index (χ3v) is 7.23. The number of hydrogen-bond donors (Lipinski definition) is 0. The predicted octanol–water partition coefficient (Wildman–Crippen LogP) is 7.44. The second-order valence-corrected chi connectivity index (χ2v) is 9.70. The molecule has 3 aromatic heterocycles. The van der Waals surface area contributed by atoms with E-state index in [9.17, 15) is 4.79 Å². The highest BCUT2D eigenvalue weighted by atomic mass is 32.1. The van der Waals surface area contributed by atoms with Crippen LogP contribution in [0.5, 0.6) is 0 Å². The van der Waals surface area contributed by atoms with Crippen LogP contribution >= 0.6 is 11.3 Å². The minimum Gasteiger partial charge on any atom is -0.347 e. The summed E-state index contributed by atoms with van der Waals surface area (Å²) in [6, 6.07) is 24.0. The van der Waals surface area contributed by atoms with Gasteiger partial charge in [0.15, 0.2) is 11.5 Å². The molecule has 0 unspecified atom stereocenters. The molecule has 0 bridgehead atoms. The molecule has 0 amide bonds. The molecule has 0 spiro atoms. The van der Waals surface area contributed by atoms with Crippen molar-refractivity contribution < 1.29 is 4.79 Å². The quantitative estimate of drug-likeness (QED) is 0.170. The van der Waals surface area contributed by atoms with Crippen LogP contribution in [-0.2, 0) is 13.1 Å². The van der Waals surface area contributed by atoms with Gasteiger partial charge in [-0.05, 0) is 33.3 Å². The maximum Gasteiger partial charge on any atom is 0.196 e. The van der Waals surface area contributed by atoms with Crippen LogP contribution in [0.25, 0.3) is 26.7 Å². The third kappa shape index (κ3) is 4.49. The van der Waals surface area contributed by atoms with Crippen molar-refractivity contribution in [1.29, 1.82) is 0 Å². The molecule has 0 saturated heterocycles. The smallest absolute Gasteiger partial charge is 0.196 e. The standard InChI is InChI=1S/C31H22N4OS/c1-32-25-11-9-22(10-12-25)16-35-21-33-15-26(35)17-34-18-29(30(19-34)31(36)24-13-14-37-20-24)28-8-4-6-23-5-2-3-7-27(23)28/h2-15,18-21H,16-17H2. The topological polar surface area (TPSA) is 44.2 Å². The fourth-order valence-electron chi connectivity index (χ4n) is 4.69. The highest BCUT2D eigenvalue weighted by Gasteiger charge is 2.20. The number of benzene rings is 3. The lowest BCUT2D eigenvalue weighted by atomic mass is 9.95. The van der Waals surface area contributed by atoms with Crippen molar-refractivity contribution >= 4 is 33.6 Å². The summed E-state index contributed by atoms with van der Waals surface area (Å²) in [5.74, 6) is 0.0244. The predicted molar refractivity (Wildman–Crippen MR) is 148 cm³/mol. The number of nitrogens with zero attached hydrogens (tertiary/aromatic N) is 4. The number of carbonyl (C=O) groups excluding carboxylic acids is 1. The Balaban J connectivity index is 1.38. The van der Waals surface area contributed by atoms with Gasteiger partial charge in [-0.1, -0.05) is 66.7 Å². The largest absolute Gasteiger partial charge is 0.347 e. The maximum atomic E-state index is 13.6. The van der Waals surface area contributed by atoms with Crippen LogP contribution < -0.4 is 0 Å². The minimum atomic E-state index is 0.0244. The monoisotopic (exact) mass is 498 g/mol. The molecule has 178 valence electrons. The van der Waals surface area contributed by atoms with Gasteiger partial charge in [0.2, 0.25) is 0 Å². The SMILES string of the molecule is [C-]#[N+]c1ccc(Cn2cncc2Cn2cc(C(=O)c3ccsc3)c(-c3cccc4ccccc34)c2)cc1. The van der Waals surface area contributed by atoms with Gasteiger partial charge in [-0.15, -0.1) is 0 Å². The molecule has 5 nitrogen and oxygen atoms in total. The van der Waals surface area contributed by atoms with Crippen molar-refractivity contribution in [2.24, 2.45) is 0 Å². The Kier molecular flexibility index (Phi) is 5.97. The first-order chi connectivity index (χ1) is 18.2. The molecule has 6 rings (SSSR count). The Morgan fingerprint density at radius 1 is 0.919 bits per heavy atom. The van der Waals surface area contributed by atoms with Gasteiger partial charge in [-0.3, -0.25) is 4.79 Å². The molecular formula is C31H22N4OS. The molecule has 6 heteroatoms. The normalized spacial score (nSPS) is 11.0. The van der Waals surface area contributed by atoms with Gasteiger partial charge < -0.3 is 9.13 Å². The van der Waals surface area contributed by atoms with Gasteiger partial charge in [-0.2, -0.15) is 11.3 Å². The fraction of sp³-hybridized carbons (Fsp3) is 0.0645. The van der Waals surface area contributed by atoms with E-state index in [-0.39, 0.29) is 5.78 Å². The van der Waals surface area contributed by atoms with Crippen molar-refractivity contribution in [3.8, 4) is 11.1 Å². The molecule has 0 aliphatic rings. The molecule has 0 N–H and O–H groups in total. The Bertz CT molecular complexity index is 1750. The van der Waals surface area contributed by atoms with Crippen molar-refractivity contribution in [2.45, 2.75) is 13.1 Å². The summed E-state index contributed by atoms with van der Waals surface area (Å²) in [5, 5.41) is 6.10. The van der Waals surface area contributed by atoms with Crippen molar-refractivity contribution in [2.75, 3.05) is 0 Å². The fourth-order valence-corrected chi connectivity index (χ4v) is 5.32. The lowest BCUT2D eigenvalue weighted by molar-refractivity contribution is 0.103. The summed E-state index contributed by atoms with van der Waals surface area (Å²) in [4.78, 5) is 21.4. The number of ketones is 1. The van der Waals surface area contributed by atoms with E-state index in [1.54, 1.807) is 0 Å². The summed E-state index contributed by atoms with van der Waals surface area (Å²) in [7, 11) is 0. The highest BCUT2D eigenvalue weighted by Crippen LogP contribution is 2.33. The van der Waals surface area contributed by atoms with E-state index in [0.29, 0.717) is 29.9 Å². The van der Waals surface area contributed by atoms with E-state index >= 15 is 0 Å². The molecule has 0 fully saturated rings. The van der Waals surface area contributed by atoms with Crippen LogP contribution in [0.3, 0.4) is 0 Å². The van der Waals surface area contributed by atoms with E-state index in [0.717, 1.165) is 33.2 Å². The zero-order valence-corrected chi connectivity index (χ0v) is 20.7. The van der Waals surface area contributed by atoms with Gasteiger partial charge in [0, 0.05) is 47.2 Å². The summed E-state index contributed by atoms with van der Waals surface area (Å²) < 4.78 is 4.18. The molecule has 6 aromatic rings. The van der Waals surface area contributed by atoms with Crippen LogP contribution in [0, 0.1) is 6.57 Å². The van der Waals surface area contributed by atoms with Crippen LogP contribution in [0.2, 0.25) is 0 Å². The second-order valence-electron chi connectivity index (χ2n) is 8.92. The first-order valence-corrected chi connectivity index (χ1v) is 12.8. The third-order valence-electron chi connectivity index (χ3n) is 6.55. The number of carbonyl (C=O) groups is 1. The average molecular weight is 499 g/mol. The van der Waals surface area contributed by atoms with Gasteiger partial charge in [0.25, 0.3) is 0 Å². The van der Waals surface area contributed by atoms with Gasteiger partial charge in [-0.25, -0.2) is 9.83 Å². The van der Waals surface area contributed by atoms with E-state index < -0.39 is 0 Å². The molecule has 3 heterocycles. The number of imidazole rings is 1. The minimum absolute atomic E-state index is 0.0244. The Hall–Kier alpha value is -4.73. The van der Waals surface area contributed by atoms with Gasteiger partial charge >= 0.3 is 0 Å². The first kappa shape index (κ1) is 22.7. The van der Waals surface area contributed by atoms with Crippen molar-refractivity contribution in [3.05, 3.63) is 142 Å². The summed E-state index contributed by atoms with van der Waals surface area (Å²) in [6.07, 6.45) is 7.72. The molecule has 0 radical (unpaired) electrons. The van der Waals surface area contributed by atoms with Gasteiger partial charge in [0.05, 0.1) is 25.1 Å². The molecule has 0 aliphatic carbocycles. The van der Waals surface area contributed by atoms with E-state index in [4.69, 9.17) is 6.57 Å². The number of rotatable bonds is 7. The lowest BCUT2D eigenvalue weighted by Crippen LogP contribution is -2.07. The van der Waals surface area contributed by atoms with Crippen LogP contribution in [0.1, 0.15) is 27.2 Å². The number of fused-ring (bicyclic) bond motifs is 1. The Labute approximate surface area is 218 Å². The van der Waals surface area contributed by atoms with Crippen LogP contribution in [-0.4, -0.2) is 19.9 Å².